The normalized spacial score (nSPS) is 14.9. The number of rotatable bonds is 8. The van der Waals surface area contributed by atoms with Crippen molar-refractivity contribution < 1.29 is 18.0 Å². The quantitative estimate of drug-likeness (QED) is 0.654. The van der Waals surface area contributed by atoms with E-state index < -0.39 is 10.0 Å². The summed E-state index contributed by atoms with van der Waals surface area (Å²) in [6.07, 6.45) is 5.18. The van der Waals surface area contributed by atoms with Crippen LogP contribution in [-0.4, -0.2) is 44.2 Å². The summed E-state index contributed by atoms with van der Waals surface area (Å²) in [6.45, 7) is 0.207. The number of hydrogen-bond donors (Lipinski definition) is 2. The number of sulfonamides is 1. The van der Waals surface area contributed by atoms with E-state index in [1.165, 1.54) is 16.4 Å². The zero-order chi connectivity index (χ0) is 22.3. The van der Waals surface area contributed by atoms with Crippen LogP contribution < -0.4 is 10.6 Å². The summed E-state index contributed by atoms with van der Waals surface area (Å²) in [5.74, 6) is -0.492. The molecule has 0 spiro atoms. The Bertz CT molecular complexity index is 985. The number of carbonyl (C=O) groups excluding carboxylic acids is 2. The van der Waals surface area contributed by atoms with Crippen LogP contribution in [0.4, 0.5) is 5.69 Å². The van der Waals surface area contributed by atoms with Gasteiger partial charge in [0.2, 0.25) is 15.9 Å². The molecule has 0 heterocycles. The van der Waals surface area contributed by atoms with E-state index in [4.69, 9.17) is 0 Å². The first-order valence-corrected chi connectivity index (χ1v) is 12.0. The van der Waals surface area contributed by atoms with Crippen LogP contribution in [0.2, 0.25) is 0 Å². The second-order valence-corrected chi connectivity index (χ2v) is 9.76. The van der Waals surface area contributed by atoms with Gasteiger partial charge in [0.15, 0.2) is 0 Å². The molecule has 1 aliphatic carbocycles. The number of hydrogen-bond acceptors (Lipinski definition) is 4. The zero-order valence-corrected chi connectivity index (χ0v) is 18.5. The van der Waals surface area contributed by atoms with Crippen LogP contribution >= 0.6 is 0 Å². The minimum absolute atomic E-state index is 0.0456. The van der Waals surface area contributed by atoms with Gasteiger partial charge in [0, 0.05) is 37.3 Å². The predicted octanol–water partition coefficient (Wildman–Crippen LogP) is 3.40. The predicted molar refractivity (Wildman–Crippen MR) is 120 cm³/mol. The average Bonchev–Trinajstić information content (AvgIpc) is 2.80. The second-order valence-electron chi connectivity index (χ2n) is 7.76. The maximum atomic E-state index is 12.9. The lowest BCUT2D eigenvalue weighted by Crippen LogP contribution is -2.38. The smallest absolute Gasteiger partial charge is 0.251 e. The molecule has 0 aromatic heterocycles. The first-order chi connectivity index (χ1) is 14.9. The molecule has 0 bridgehead atoms. The lowest BCUT2D eigenvalue weighted by atomic mass is 9.96. The SMILES string of the molecule is CN(C1CCCCC1)S(=O)(=O)c1ccc(NC(=O)CCNC(=O)c2ccccc2)cc1. The van der Waals surface area contributed by atoms with E-state index in [0.717, 1.165) is 32.1 Å². The van der Waals surface area contributed by atoms with Gasteiger partial charge in [0.25, 0.3) is 5.91 Å². The molecule has 7 nitrogen and oxygen atoms in total. The molecule has 1 saturated carbocycles. The Morgan fingerprint density at radius 1 is 0.968 bits per heavy atom. The van der Waals surface area contributed by atoms with Crippen molar-refractivity contribution in [3.63, 3.8) is 0 Å². The van der Waals surface area contributed by atoms with Crippen molar-refractivity contribution in [2.24, 2.45) is 0 Å². The molecule has 2 aromatic carbocycles. The largest absolute Gasteiger partial charge is 0.352 e. The van der Waals surface area contributed by atoms with Gasteiger partial charge < -0.3 is 10.6 Å². The fraction of sp³-hybridized carbons (Fsp3) is 0.391. The molecule has 2 N–H and O–H groups in total. The van der Waals surface area contributed by atoms with Gasteiger partial charge in [0.1, 0.15) is 0 Å². The second kappa shape index (κ2) is 10.5. The highest BCUT2D eigenvalue weighted by molar-refractivity contribution is 7.89. The van der Waals surface area contributed by atoms with Gasteiger partial charge in [-0.05, 0) is 49.2 Å². The topological polar surface area (TPSA) is 95.6 Å². The van der Waals surface area contributed by atoms with Crippen LogP contribution in [0.15, 0.2) is 59.5 Å². The van der Waals surface area contributed by atoms with E-state index >= 15 is 0 Å². The fourth-order valence-corrected chi connectivity index (χ4v) is 5.14. The molecule has 166 valence electrons. The molecule has 1 aliphatic rings. The third kappa shape index (κ3) is 6.15. The van der Waals surface area contributed by atoms with Crippen molar-refractivity contribution in [3.05, 3.63) is 60.2 Å². The van der Waals surface area contributed by atoms with Crippen molar-refractivity contribution in [1.82, 2.24) is 9.62 Å². The lowest BCUT2D eigenvalue weighted by Gasteiger charge is -2.30. The average molecular weight is 444 g/mol. The maximum Gasteiger partial charge on any atom is 0.251 e. The molecule has 2 aromatic rings. The van der Waals surface area contributed by atoms with Crippen LogP contribution in [0.5, 0.6) is 0 Å². The van der Waals surface area contributed by atoms with Crippen LogP contribution in [0.25, 0.3) is 0 Å². The van der Waals surface area contributed by atoms with Crippen molar-refractivity contribution in [1.29, 1.82) is 0 Å². The maximum absolute atomic E-state index is 12.9. The van der Waals surface area contributed by atoms with Gasteiger partial charge >= 0.3 is 0 Å². The Morgan fingerprint density at radius 3 is 2.26 bits per heavy atom. The van der Waals surface area contributed by atoms with Crippen LogP contribution in [0.1, 0.15) is 48.9 Å². The highest BCUT2D eigenvalue weighted by atomic mass is 32.2. The molecule has 31 heavy (non-hydrogen) atoms. The Morgan fingerprint density at radius 2 is 1.61 bits per heavy atom. The van der Waals surface area contributed by atoms with Crippen molar-refractivity contribution in [2.75, 3.05) is 18.9 Å². The van der Waals surface area contributed by atoms with E-state index in [9.17, 15) is 18.0 Å². The van der Waals surface area contributed by atoms with Gasteiger partial charge in [-0.3, -0.25) is 9.59 Å². The number of carbonyl (C=O) groups is 2. The minimum Gasteiger partial charge on any atom is -0.352 e. The number of nitrogens with one attached hydrogen (secondary N) is 2. The third-order valence-electron chi connectivity index (χ3n) is 5.58. The molecule has 0 atom stereocenters. The van der Waals surface area contributed by atoms with Crippen molar-refractivity contribution in [3.8, 4) is 0 Å². The number of anilines is 1. The highest BCUT2D eigenvalue weighted by Crippen LogP contribution is 2.27. The number of amides is 2. The molecule has 2 amide bonds. The summed E-state index contributed by atoms with van der Waals surface area (Å²) in [5, 5.41) is 5.43. The summed E-state index contributed by atoms with van der Waals surface area (Å²) in [6, 6.07) is 15.0. The van der Waals surface area contributed by atoms with E-state index in [1.54, 1.807) is 43.4 Å². The lowest BCUT2D eigenvalue weighted by molar-refractivity contribution is -0.116. The Balaban J connectivity index is 1.50. The Kier molecular flexibility index (Phi) is 7.81. The van der Waals surface area contributed by atoms with Crippen molar-refractivity contribution in [2.45, 2.75) is 49.5 Å². The Labute approximate surface area is 183 Å². The molecule has 3 rings (SSSR count). The molecule has 8 heteroatoms. The van der Waals surface area contributed by atoms with Crippen LogP contribution in [-0.2, 0) is 14.8 Å². The summed E-state index contributed by atoms with van der Waals surface area (Å²) >= 11 is 0. The van der Waals surface area contributed by atoms with Gasteiger partial charge in [0.05, 0.1) is 4.90 Å². The molecule has 0 unspecified atom stereocenters. The van der Waals surface area contributed by atoms with Crippen LogP contribution in [0.3, 0.4) is 0 Å². The van der Waals surface area contributed by atoms with E-state index in [-0.39, 0.29) is 35.7 Å². The summed E-state index contributed by atoms with van der Waals surface area (Å²) in [5.41, 5.74) is 1.05. The standard InChI is InChI=1S/C23H29N3O4S/c1-26(20-10-6-3-7-11-20)31(29,30)21-14-12-19(13-15-21)25-22(27)16-17-24-23(28)18-8-4-2-5-9-18/h2,4-5,8-9,12-15,20H,3,6-7,10-11,16-17H2,1H3,(H,24,28)(H,25,27). The van der Waals surface area contributed by atoms with Crippen molar-refractivity contribution >= 4 is 27.5 Å². The number of nitrogens with zero attached hydrogens (tertiary/aromatic N) is 1. The minimum atomic E-state index is -3.56. The summed E-state index contributed by atoms with van der Waals surface area (Å²) < 4.78 is 27.3. The molecule has 0 aliphatic heterocycles. The van der Waals surface area contributed by atoms with E-state index in [2.05, 4.69) is 10.6 Å². The van der Waals surface area contributed by atoms with Gasteiger partial charge in [-0.15, -0.1) is 0 Å². The first kappa shape index (κ1) is 23.0. The molecular weight excluding hydrogens is 414 g/mol. The van der Waals surface area contributed by atoms with Gasteiger partial charge in [-0.1, -0.05) is 37.5 Å². The van der Waals surface area contributed by atoms with Gasteiger partial charge in [-0.25, -0.2) is 8.42 Å². The first-order valence-electron chi connectivity index (χ1n) is 10.6. The molecular formula is C23H29N3O4S. The fourth-order valence-electron chi connectivity index (χ4n) is 3.72. The molecule has 0 radical (unpaired) electrons. The molecule has 1 fully saturated rings. The third-order valence-corrected chi connectivity index (χ3v) is 7.50. The number of benzene rings is 2. The van der Waals surface area contributed by atoms with Crippen LogP contribution in [0, 0.1) is 0 Å². The van der Waals surface area contributed by atoms with E-state index in [0.29, 0.717) is 11.3 Å². The van der Waals surface area contributed by atoms with E-state index in [1.807, 2.05) is 6.07 Å². The monoisotopic (exact) mass is 443 g/mol. The Hall–Kier alpha value is -2.71. The summed E-state index contributed by atoms with van der Waals surface area (Å²) in [4.78, 5) is 24.3. The summed E-state index contributed by atoms with van der Waals surface area (Å²) in [7, 11) is -1.92. The highest BCUT2D eigenvalue weighted by Gasteiger charge is 2.28. The molecule has 0 saturated heterocycles. The van der Waals surface area contributed by atoms with Gasteiger partial charge in [-0.2, -0.15) is 4.31 Å². The zero-order valence-electron chi connectivity index (χ0n) is 17.7.